The van der Waals surface area contributed by atoms with Gasteiger partial charge in [-0.2, -0.15) is 4.98 Å². The van der Waals surface area contributed by atoms with Crippen LogP contribution in [-0.2, 0) is 0 Å². The maximum atomic E-state index is 6.29. The molecule has 1 N–H and O–H groups in total. The molecule has 1 aromatic heterocycles. The van der Waals surface area contributed by atoms with E-state index in [-0.39, 0.29) is 0 Å². The maximum Gasteiger partial charge on any atom is 0.247 e. The summed E-state index contributed by atoms with van der Waals surface area (Å²) >= 11 is 1.44. The van der Waals surface area contributed by atoms with Crippen molar-refractivity contribution >= 4 is 17.4 Å². The predicted octanol–water partition coefficient (Wildman–Crippen LogP) is 4.34. The zero-order valence-electron chi connectivity index (χ0n) is 16.1. The van der Waals surface area contributed by atoms with Gasteiger partial charge in [-0.05, 0) is 18.2 Å². The molecule has 1 aliphatic heterocycles. The van der Waals surface area contributed by atoms with Crippen molar-refractivity contribution in [3.63, 3.8) is 0 Å². The highest BCUT2D eigenvalue weighted by molar-refractivity contribution is 7.99. The van der Waals surface area contributed by atoms with Crippen LogP contribution in [-0.4, -0.2) is 35.2 Å². The van der Waals surface area contributed by atoms with Gasteiger partial charge < -0.3 is 19.5 Å². The SMILES string of the molecule is C=CCSc1nnc2c(n1)O[C@H](c1cccc(OC)c1OC)Nc1ccccc1-2. The molecule has 0 saturated carbocycles. The Kier molecular flexibility index (Phi) is 5.53. The summed E-state index contributed by atoms with van der Waals surface area (Å²) in [5.74, 6) is 2.30. The van der Waals surface area contributed by atoms with Gasteiger partial charge in [0.25, 0.3) is 0 Å². The topological polar surface area (TPSA) is 78.4 Å². The van der Waals surface area contributed by atoms with Crippen LogP contribution in [0, 0.1) is 0 Å². The minimum absolute atomic E-state index is 0.402. The van der Waals surface area contributed by atoms with E-state index in [0.29, 0.717) is 34.0 Å². The average molecular weight is 408 g/mol. The molecule has 8 heteroatoms. The lowest BCUT2D eigenvalue weighted by molar-refractivity contribution is 0.218. The van der Waals surface area contributed by atoms with Crippen molar-refractivity contribution < 1.29 is 14.2 Å². The third-order valence-electron chi connectivity index (χ3n) is 4.38. The van der Waals surface area contributed by atoms with Gasteiger partial charge in [0.2, 0.25) is 17.3 Å². The van der Waals surface area contributed by atoms with Gasteiger partial charge in [0, 0.05) is 17.0 Å². The van der Waals surface area contributed by atoms with Crippen LogP contribution in [0.3, 0.4) is 0 Å². The van der Waals surface area contributed by atoms with Crippen molar-refractivity contribution in [2.45, 2.75) is 11.4 Å². The first-order chi connectivity index (χ1) is 14.2. The molecule has 0 amide bonds. The minimum Gasteiger partial charge on any atom is -0.493 e. The molecule has 1 atom stereocenters. The number of thioether (sulfide) groups is 1. The summed E-state index contributed by atoms with van der Waals surface area (Å²) in [6, 6.07) is 13.5. The van der Waals surface area contributed by atoms with Crippen LogP contribution in [0.5, 0.6) is 17.4 Å². The second-order valence-corrected chi connectivity index (χ2v) is 7.11. The molecule has 0 bridgehead atoms. The number of para-hydroxylation sites is 2. The molecule has 29 heavy (non-hydrogen) atoms. The lowest BCUT2D eigenvalue weighted by atomic mass is 10.1. The largest absolute Gasteiger partial charge is 0.493 e. The van der Waals surface area contributed by atoms with Crippen molar-refractivity contribution in [1.29, 1.82) is 0 Å². The summed E-state index contributed by atoms with van der Waals surface area (Å²) in [6.45, 7) is 3.73. The molecule has 3 aromatic rings. The Labute approximate surface area is 173 Å². The monoisotopic (exact) mass is 408 g/mol. The molecule has 2 heterocycles. The number of nitrogens with one attached hydrogen (secondary N) is 1. The lowest BCUT2D eigenvalue weighted by Gasteiger charge is -2.22. The van der Waals surface area contributed by atoms with E-state index in [1.807, 2.05) is 42.5 Å². The zero-order valence-corrected chi connectivity index (χ0v) is 16.9. The van der Waals surface area contributed by atoms with Crippen molar-refractivity contribution in [2.75, 3.05) is 25.3 Å². The fourth-order valence-corrected chi connectivity index (χ4v) is 3.61. The number of rotatable bonds is 6. The number of aromatic nitrogens is 3. The smallest absolute Gasteiger partial charge is 0.247 e. The normalized spacial score (nSPS) is 14.5. The third-order valence-corrected chi connectivity index (χ3v) is 5.21. The Morgan fingerprint density at radius 1 is 1.14 bits per heavy atom. The Morgan fingerprint density at radius 2 is 2.00 bits per heavy atom. The summed E-state index contributed by atoms with van der Waals surface area (Å²) in [5.41, 5.74) is 3.10. The second kappa shape index (κ2) is 8.40. The molecule has 0 unspecified atom stereocenters. The Balaban J connectivity index is 1.83. The minimum atomic E-state index is -0.559. The van der Waals surface area contributed by atoms with Crippen molar-refractivity contribution in [3.8, 4) is 28.6 Å². The Hall–Kier alpha value is -3.26. The summed E-state index contributed by atoms with van der Waals surface area (Å²) in [5, 5.41) is 12.6. The molecular weight excluding hydrogens is 388 g/mol. The number of benzene rings is 2. The lowest BCUT2D eigenvalue weighted by Crippen LogP contribution is -2.18. The highest BCUT2D eigenvalue weighted by Gasteiger charge is 2.28. The van der Waals surface area contributed by atoms with Gasteiger partial charge in [-0.1, -0.05) is 42.1 Å². The molecular formula is C21H20N4O3S. The average Bonchev–Trinajstić information content (AvgIpc) is 2.93. The fourth-order valence-electron chi connectivity index (χ4n) is 3.10. The first-order valence-corrected chi connectivity index (χ1v) is 9.95. The number of nitrogens with zero attached hydrogens (tertiary/aromatic N) is 3. The van der Waals surface area contributed by atoms with Gasteiger partial charge in [-0.3, -0.25) is 0 Å². The quantitative estimate of drug-likeness (QED) is 0.477. The molecule has 0 spiro atoms. The number of hydrogen-bond acceptors (Lipinski definition) is 8. The van der Waals surface area contributed by atoms with Crippen LogP contribution in [0.25, 0.3) is 11.3 Å². The van der Waals surface area contributed by atoms with E-state index in [2.05, 4.69) is 27.1 Å². The standard InChI is InChI=1S/C21H20N4O3S/c1-4-12-29-21-23-20-17(24-25-21)13-8-5-6-10-15(13)22-19(28-20)14-9-7-11-16(26-2)18(14)27-3/h4-11,19,22H,1,12H2,2-3H3/t19-/m1/s1. The van der Waals surface area contributed by atoms with Gasteiger partial charge in [0.05, 0.1) is 19.8 Å². The maximum absolute atomic E-state index is 6.29. The van der Waals surface area contributed by atoms with E-state index < -0.39 is 6.23 Å². The molecule has 7 nitrogen and oxygen atoms in total. The number of anilines is 1. The van der Waals surface area contributed by atoms with E-state index in [4.69, 9.17) is 14.2 Å². The summed E-state index contributed by atoms with van der Waals surface area (Å²) in [6.07, 6.45) is 1.23. The van der Waals surface area contributed by atoms with E-state index in [9.17, 15) is 0 Å². The highest BCUT2D eigenvalue weighted by Crippen LogP contribution is 2.42. The van der Waals surface area contributed by atoms with Crippen LogP contribution in [0.1, 0.15) is 11.8 Å². The van der Waals surface area contributed by atoms with Crippen molar-refractivity contribution in [2.24, 2.45) is 0 Å². The fraction of sp³-hybridized carbons (Fsp3) is 0.190. The van der Waals surface area contributed by atoms with Gasteiger partial charge in [0.15, 0.2) is 17.2 Å². The van der Waals surface area contributed by atoms with Crippen molar-refractivity contribution in [3.05, 3.63) is 60.7 Å². The van der Waals surface area contributed by atoms with Crippen molar-refractivity contribution in [1.82, 2.24) is 15.2 Å². The molecule has 0 aliphatic carbocycles. The third kappa shape index (κ3) is 3.71. The second-order valence-electron chi connectivity index (χ2n) is 6.12. The number of ether oxygens (including phenoxy) is 3. The molecule has 0 radical (unpaired) electrons. The molecule has 1 aliphatic rings. The summed E-state index contributed by atoms with van der Waals surface area (Å²) in [7, 11) is 3.21. The van der Waals surface area contributed by atoms with Crippen LogP contribution < -0.4 is 19.5 Å². The van der Waals surface area contributed by atoms with Crippen LogP contribution in [0.2, 0.25) is 0 Å². The number of fused-ring (bicyclic) bond motifs is 3. The molecule has 2 aromatic carbocycles. The summed E-state index contributed by atoms with van der Waals surface area (Å²) < 4.78 is 17.3. The highest BCUT2D eigenvalue weighted by atomic mass is 32.2. The molecule has 0 saturated heterocycles. The predicted molar refractivity (Wildman–Crippen MR) is 113 cm³/mol. The first kappa shape index (κ1) is 19.1. The Bertz CT molecular complexity index is 1040. The van der Waals surface area contributed by atoms with Crippen LogP contribution >= 0.6 is 11.8 Å². The summed E-state index contributed by atoms with van der Waals surface area (Å²) in [4.78, 5) is 4.59. The van der Waals surface area contributed by atoms with Gasteiger partial charge in [-0.25, -0.2) is 0 Å². The van der Waals surface area contributed by atoms with E-state index >= 15 is 0 Å². The van der Waals surface area contributed by atoms with E-state index in [1.165, 1.54) is 11.8 Å². The molecule has 4 rings (SSSR count). The van der Waals surface area contributed by atoms with Gasteiger partial charge >= 0.3 is 0 Å². The zero-order chi connectivity index (χ0) is 20.2. The number of hydrogen-bond donors (Lipinski definition) is 1. The van der Waals surface area contributed by atoms with E-state index in [1.54, 1.807) is 20.3 Å². The first-order valence-electron chi connectivity index (χ1n) is 8.97. The van der Waals surface area contributed by atoms with Gasteiger partial charge in [-0.15, -0.1) is 16.8 Å². The van der Waals surface area contributed by atoms with Crippen LogP contribution in [0.4, 0.5) is 5.69 Å². The van der Waals surface area contributed by atoms with E-state index in [0.717, 1.165) is 16.8 Å². The number of methoxy groups -OCH3 is 2. The van der Waals surface area contributed by atoms with Crippen LogP contribution in [0.15, 0.2) is 60.3 Å². The van der Waals surface area contributed by atoms with Gasteiger partial charge in [0.1, 0.15) is 0 Å². The Morgan fingerprint density at radius 3 is 2.79 bits per heavy atom. The molecule has 148 valence electrons. The molecule has 0 fully saturated rings.